The maximum Gasteiger partial charge on any atom is 0.141 e. The molecule has 1 unspecified atom stereocenters. The molecule has 96 valence electrons. The monoisotopic (exact) mass is 238 g/mol. The van der Waals surface area contributed by atoms with Crippen LogP contribution in [-0.2, 0) is 0 Å². The van der Waals surface area contributed by atoms with Crippen molar-refractivity contribution < 1.29 is 4.39 Å². The fourth-order valence-corrected chi connectivity index (χ4v) is 1.93. The van der Waals surface area contributed by atoms with Gasteiger partial charge in [0.1, 0.15) is 5.82 Å². The highest BCUT2D eigenvalue weighted by Crippen LogP contribution is 2.25. The van der Waals surface area contributed by atoms with Gasteiger partial charge in [-0.25, -0.2) is 4.39 Å². The molecule has 0 bridgehead atoms. The predicted octanol–water partition coefficient (Wildman–Crippen LogP) is 3.70. The molecule has 0 saturated heterocycles. The van der Waals surface area contributed by atoms with Crippen LogP contribution in [0, 0.1) is 11.2 Å². The molecule has 0 saturated carbocycles. The van der Waals surface area contributed by atoms with Crippen LogP contribution in [0.15, 0.2) is 18.5 Å². The fourth-order valence-electron chi connectivity index (χ4n) is 1.93. The molecule has 0 aromatic carbocycles. The van der Waals surface area contributed by atoms with Crippen LogP contribution in [-0.4, -0.2) is 12.0 Å². The molecule has 0 fully saturated rings. The van der Waals surface area contributed by atoms with Crippen molar-refractivity contribution in [2.24, 2.45) is 5.41 Å². The second kappa shape index (κ2) is 6.10. The highest BCUT2D eigenvalue weighted by Gasteiger charge is 2.14. The lowest BCUT2D eigenvalue weighted by atomic mass is 9.88. The van der Waals surface area contributed by atoms with Gasteiger partial charge in [-0.3, -0.25) is 4.98 Å². The maximum atomic E-state index is 13.1. The van der Waals surface area contributed by atoms with Crippen molar-refractivity contribution in [3.63, 3.8) is 0 Å². The van der Waals surface area contributed by atoms with Crippen molar-refractivity contribution >= 4 is 0 Å². The first-order chi connectivity index (χ1) is 7.92. The van der Waals surface area contributed by atoms with E-state index in [1.54, 1.807) is 12.3 Å². The van der Waals surface area contributed by atoms with E-state index >= 15 is 0 Å². The van der Waals surface area contributed by atoms with E-state index < -0.39 is 0 Å². The first-order valence-electron chi connectivity index (χ1n) is 6.20. The minimum Gasteiger partial charge on any atom is -0.313 e. The number of aromatic nitrogens is 1. The first-order valence-corrected chi connectivity index (χ1v) is 6.20. The molecular formula is C14H23FN2. The summed E-state index contributed by atoms with van der Waals surface area (Å²) in [6.07, 6.45) is 6.30. The molecule has 1 aromatic rings. The average Bonchev–Trinajstić information content (AvgIpc) is 2.23. The molecule has 0 aliphatic carbocycles. The Hall–Kier alpha value is -0.960. The Morgan fingerprint density at radius 2 is 2.06 bits per heavy atom. The summed E-state index contributed by atoms with van der Waals surface area (Å²) in [5, 5.41) is 3.23. The van der Waals surface area contributed by atoms with E-state index in [1.807, 2.05) is 7.05 Å². The SMILES string of the molecule is CNC(CCCC(C)(C)C)c1cncc(F)c1. The lowest BCUT2D eigenvalue weighted by Crippen LogP contribution is -2.17. The van der Waals surface area contributed by atoms with E-state index in [9.17, 15) is 4.39 Å². The zero-order chi connectivity index (χ0) is 12.9. The molecule has 0 aliphatic rings. The van der Waals surface area contributed by atoms with Gasteiger partial charge in [-0.05, 0) is 36.9 Å². The molecule has 17 heavy (non-hydrogen) atoms. The number of nitrogens with zero attached hydrogens (tertiary/aromatic N) is 1. The van der Waals surface area contributed by atoms with Crippen molar-refractivity contribution in [3.05, 3.63) is 29.8 Å². The normalized spacial score (nSPS) is 13.7. The Balaban J connectivity index is 2.54. The third kappa shape index (κ3) is 5.26. The van der Waals surface area contributed by atoms with Crippen LogP contribution in [0.25, 0.3) is 0 Å². The van der Waals surface area contributed by atoms with Gasteiger partial charge in [0.25, 0.3) is 0 Å². The van der Waals surface area contributed by atoms with Crippen LogP contribution in [0.5, 0.6) is 0 Å². The van der Waals surface area contributed by atoms with Crippen molar-refractivity contribution in [1.29, 1.82) is 0 Å². The standard InChI is InChI=1S/C14H23FN2/c1-14(2,3)7-5-6-13(16-4)11-8-12(15)10-17-9-11/h8-10,13,16H,5-7H2,1-4H3. The van der Waals surface area contributed by atoms with Gasteiger partial charge in [0.2, 0.25) is 0 Å². The van der Waals surface area contributed by atoms with Gasteiger partial charge in [0, 0.05) is 12.2 Å². The smallest absolute Gasteiger partial charge is 0.141 e. The van der Waals surface area contributed by atoms with Crippen LogP contribution >= 0.6 is 0 Å². The van der Waals surface area contributed by atoms with Gasteiger partial charge in [-0.2, -0.15) is 0 Å². The molecule has 0 spiro atoms. The molecule has 1 heterocycles. The van der Waals surface area contributed by atoms with Gasteiger partial charge in [-0.1, -0.05) is 27.2 Å². The van der Waals surface area contributed by atoms with Crippen LogP contribution in [0.2, 0.25) is 0 Å². The van der Waals surface area contributed by atoms with Gasteiger partial charge >= 0.3 is 0 Å². The Morgan fingerprint density at radius 3 is 2.59 bits per heavy atom. The second-order valence-electron chi connectivity index (χ2n) is 5.73. The average molecular weight is 238 g/mol. The molecule has 1 aromatic heterocycles. The number of rotatable bonds is 5. The maximum absolute atomic E-state index is 13.1. The summed E-state index contributed by atoms with van der Waals surface area (Å²) in [5.74, 6) is -0.265. The number of nitrogens with one attached hydrogen (secondary N) is 1. The molecule has 1 N–H and O–H groups in total. The Bertz CT molecular complexity index is 344. The Kier molecular flexibility index (Phi) is 5.06. The fraction of sp³-hybridized carbons (Fsp3) is 0.643. The summed E-state index contributed by atoms with van der Waals surface area (Å²) >= 11 is 0. The predicted molar refractivity (Wildman–Crippen MR) is 69.3 cm³/mol. The van der Waals surface area contributed by atoms with E-state index in [0.717, 1.165) is 18.4 Å². The minimum atomic E-state index is -0.265. The lowest BCUT2D eigenvalue weighted by Gasteiger charge is -2.21. The van der Waals surface area contributed by atoms with Crippen LogP contribution < -0.4 is 5.32 Å². The molecule has 0 amide bonds. The zero-order valence-corrected chi connectivity index (χ0v) is 11.3. The van der Waals surface area contributed by atoms with Crippen LogP contribution in [0.1, 0.15) is 51.6 Å². The van der Waals surface area contributed by atoms with Crippen molar-refractivity contribution in [2.45, 2.75) is 46.1 Å². The van der Waals surface area contributed by atoms with E-state index in [0.29, 0.717) is 5.41 Å². The van der Waals surface area contributed by atoms with Crippen molar-refractivity contribution in [1.82, 2.24) is 10.3 Å². The number of hydrogen-bond acceptors (Lipinski definition) is 2. The minimum absolute atomic E-state index is 0.195. The molecule has 1 rings (SSSR count). The topological polar surface area (TPSA) is 24.9 Å². The van der Waals surface area contributed by atoms with Gasteiger partial charge < -0.3 is 5.32 Å². The third-order valence-corrected chi connectivity index (χ3v) is 2.90. The second-order valence-corrected chi connectivity index (χ2v) is 5.73. The van der Waals surface area contributed by atoms with Crippen LogP contribution in [0.4, 0.5) is 4.39 Å². The molecule has 1 atom stereocenters. The largest absolute Gasteiger partial charge is 0.313 e. The summed E-state index contributed by atoms with van der Waals surface area (Å²) in [5.41, 5.74) is 1.29. The zero-order valence-electron chi connectivity index (χ0n) is 11.3. The van der Waals surface area contributed by atoms with E-state index in [-0.39, 0.29) is 11.9 Å². The lowest BCUT2D eigenvalue weighted by molar-refractivity contribution is 0.347. The van der Waals surface area contributed by atoms with Crippen molar-refractivity contribution in [3.8, 4) is 0 Å². The van der Waals surface area contributed by atoms with Crippen LogP contribution in [0.3, 0.4) is 0 Å². The third-order valence-electron chi connectivity index (χ3n) is 2.90. The number of hydrogen-bond donors (Lipinski definition) is 1. The van der Waals surface area contributed by atoms with Gasteiger partial charge in [0.15, 0.2) is 0 Å². The highest BCUT2D eigenvalue weighted by molar-refractivity contribution is 5.14. The molecule has 2 nitrogen and oxygen atoms in total. The number of pyridine rings is 1. The summed E-state index contributed by atoms with van der Waals surface area (Å²) in [4.78, 5) is 3.89. The molecular weight excluding hydrogens is 215 g/mol. The van der Waals surface area contributed by atoms with E-state index in [1.165, 1.54) is 12.6 Å². The summed E-state index contributed by atoms with van der Waals surface area (Å²) in [6.45, 7) is 6.72. The molecule has 0 radical (unpaired) electrons. The summed E-state index contributed by atoms with van der Waals surface area (Å²) in [6, 6.07) is 1.76. The highest BCUT2D eigenvalue weighted by atomic mass is 19.1. The van der Waals surface area contributed by atoms with E-state index in [4.69, 9.17) is 0 Å². The molecule has 0 aliphatic heterocycles. The van der Waals surface area contributed by atoms with E-state index in [2.05, 4.69) is 31.1 Å². The van der Waals surface area contributed by atoms with Gasteiger partial charge in [-0.15, -0.1) is 0 Å². The number of halogens is 1. The quantitative estimate of drug-likeness (QED) is 0.846. The Labute approximate surface area is 104 Å². The summed E-state index contributed by atoms with van der Waals surface area (Å²) < 4.78 is 13.1. The molecule has 3 heteroatoms. The first kappa shape index (κ1) is 14.1. The van der Waals surface area contributed by atoms with Crippen molar-refractivity contribution in [2.75, 3.05) is 7.05 Å². The Morgan fingerprint density at radius 1 is 1.35 bits per heavy atom. The summed E-state index contributed by atoms with van der Waals surface area (Å²) in [7, 11) is 1.91. The van der Waals surface area contributed by atoms with Gasteiger partial charge in [0.05, 0.1) is 6.20 Å².